The number of benzene rings is 2. The summed E-state index contributed by atoms with van der Waals surface area (Å²) in [4.78, 5) is 18.0. The number of ether oxygens (including phenoxy) is 3. The van der Waals surface area contributed by atoms with Crippen LogP contribution in [0.5, 0.6) is 17.4 Å². The van der Waals surface area contributed by atoms with Crippen LogP contribution in [0.3, 0.4) is 0 Å². The van der Waals surface area contributed by atoms with Crippen LogP contribution in [0, 0.1) is 0 Å². The first-order valence-corrected chi connectivity index (χ1v) is 10.2. The second kappa shape index (κ2) is 7.80. The van der Waals surface area contributed by atoms with Crippen LogP contribution >= 0.6 is 0 Å². The van der Waals surface area contributed by atoms with Crippen molar-refractivity contribution in [2.75, 3.05) is 18.7 Å². The van der Waals surface area contributed by atoms with Gasteiger partial charge < -0.3 is 19.5 Å². The second-order valence-corrected chi connectivity index (χ2v) is 7.71. The topological polar surface area (TPSA) is 69.7 Å². The first-order valence-electron chi connectivity index (χ1n) is 10.2. The molecule has 2 heterocycles. The molecular weight excluding hydrogens is 392 g/mol. The van der Waals surface area contributed by atoms with Crippen LogP contribution in [0.25, 0.3) is 0 Å². The monoisotopic (exact) mass is 414 g/mol. The summed E-state index contributed by atoms with van der Waals surface area (Å²) < 4.78 is 16.5. The SMILES string of the molecule is C=CCOc1ccc(NC(=O)C2(c3ccc4c(c3)OCO4)Cc3ccccc3C2)cn1. The van der Waals surface area contributed by atoms with Gasteiger partial charge in [0.05, 0.1) is 17.3 Å². The van der Waals surface area contributed by atoms with E-state index in [0.717, 1.165) is 5.56 Å². The third-order valence-electron chi connectivity index (χ3n) is 5.81. The molecule has 1 amide bonds. The summed E-state index contributed by atoms with van der Waals surface area (Å²) >= 11 is 0. The second-order valence-electron chi connectivity index (χ2n) is 7.71. The fourth-order valence-electron chi connectivity index (χ4n) is 4.24. The highest BCUT2D eigenvalue weighted by molar-refractivity contribution is 6.00. The van der Waals surface area contributed by atoms with E-state index < -0.39 is 5.41 Å². The quantitative estimate of drug-likeness (QED) is 0.617. The molecule has 3 aromatic rings. The molecule has 1 N–H and O–H groups in total. The van der Waals surface area contributed by atoms with Gasteiger partial charge in [-0.3, -0.25) is 4.79 Å². The standard InChI is InChI=1S/C25H22N2O4/c1-2-11-29-23-10-8-20(15-26-23)27-24(28)25(13-17-5-3-4-6-18(17)14-25)19-7-9-21-22(12-19)31-16-30-21/h2-10,12,15H,1,11,13-14,16H2,(H,27,28). The number of carbonyl (C=O) groups excluding carboxylic acids is 1. The normalized spacial score (nSPS) is 15.2. The lowest BCUT2D eigenvalue weighted by Crippen LogP contribution is -2.41. The molecule has 1 aliphatic carbocycles. The van der Waals surface area contributed by atoms with Gasteiger partial charge in [-0.2, -0.15) is 0 Å². The van der Waals surface area contributed by atoms with Crippen molar-refractivity contribution in [3.8, 4) is 17.4 Å². The van der Waals surface area contributed by atoms with Gasteiger partial charge in [0.25, 0.3) is 0 Å². The molecule has 2 aliphatic rings. The molecule has 0 unspecified atom stereocenters. The fraction of sp³-hybridized carbons (Fsp3) is 0.200. The Balaban J connectivity index is 1.46. The number of nitrogens with one attached hydrogen (secondary N) is 1. The van der Waals surface area contributed by atoms with Gasteiger partial charge in [-0.25, -0.2) is 4.98 Å². The zero-order chi connectivity index (χ0) is 21.3. The third-order valence-corrected chi connectivity index (χ3v) is 5.81. The summed E-state index contributed by atoms with van der Waals surface area (Å²) in [7, 11) is 0. The number of fused-ring (bicyclic) bond motifs is 2. The number of aromatic nitrogens is 1. The molecule has 5 rings (SSSR count). The number of carbonyl (C=O) groups is 1. The lowest BCUT2D eigenvalue weighted by atomic mass is 9.76. The molecule has 1 aromatic heterocycles. The summed E-state index contributed by atoms with van der Waals surface area (Å²) in [6, 6.07) is 17.5. The van der Waals surface area contributed by atoms with Crippen LogP contribution in [0.2, 0.25) is 0 Å². The predicted octanol–water partition coefficient (Wildman–Crippen LogP) is 4.05. The Hall–Kier alpha value is -3.80. The molecule has 156 valence electrons. The van der Waals surface area contributed by atoms with Crippen LogP contribution in [0.15, 0.2) is 73.4 Å². The highest BCUT2D eigenvalue weighted by atomic mass is 16.7. The van der Waals surface area contributed by atoms with Crippen LogP contribution in [-0.4, -0.2) is 24.3 Å². The highest BCUT2D eigenvalue weighted by Crippen LogP contribution is 2.44. The van der Waals surface area contributed by atoms with Gasteiger partial charge in [-0.05, 0) is 47.7 Å². The highest BCUT2D eigenvalue weighted by Gasteiger charge is 2.46. The largest absolute Gasteiger partial charge is 0.473 e. The average Bonchev–Trinajstić information content (AvgIpc) is 3.43. The molecule has 0 radical (unpaired) electrons. The van der Waals surface area contributed by atoms with Crippen molar-refractivity contribution in [2.45, 2.75) is 18.3 Å². The van der Waals surface area contributed by atoms with Gasteiger partial charge in [-0.15, -0.1) is 0 Å². The molecule has 0 bridgehead atoms. The average molecular weight is 414 g/mol. The zero-order valence-electron chi connectivity index (χ0n) is 17.0. The lowest BCUT2D eigenvalue weighted by molar-refractivity contribution is -0.121. The Morgan fingerprint density at radius 3 is 2.58 bits per heavy atom. The molecule has 0 fully saturated rings. The Bertz CT molecular complexity index is 1120. The molecule has 0 spiro atoms. The van der Waals surface area contributed by atoms with Crippen LogP contribution in [-0.2, 0) is 23.1 Å². The van der Waals surface area contributed by atoms with Crippen molar-refractivity contribution in [3.63, 3.8) is 0 Å². The number of hydrogen-bond donors (Lipinski definition) is 1. The molecule has 2 aromatic carbocycles. The van der Waals surface area contributed by atoms with E-state index in [1.807, 2.05) is 30.3 Å². The molecular formula is C25H22N2O4. The summed E-state index contributed by atoms with van der Waals surface area (Å²) in [5, 5.41) is 3.06. The van der Waals surface area contributed by atoms with E-state index in [1.54, 1.807) is 24.4 Å². The summed E-state index contributed by atoms with van der Waals surface area (Å²) in [6.45, 7) is 4.20. The predicted molar refractivity (Wildman–Crippen MR) is 117 cm³/mol. The van der Waals surface area contributed by atoms with Gasteiger partial charge in [-0.1, -0.05) is 43.0 Å². The Morgan fingerprint density at radius 2 is 1.87 bits per heavy atom. The van der Waals surface area contributed by atoms with E-state index in [4.69, 9.17) is 14.2 Å². The molecule has 0 atom stereocenters. The van der Waals surface area contributed by atoms with Crippen molar-refractivity contribution < 1.29 is 19.0 Å². The maximum absolute atomic E-state index is 13.7. The minimum Gasteiger partial charge on any atom is -0.473 e. The first kappa shape index (κ1) is 19.2. The zero-order valence-corrected chi connectivity index (χ0v) is 17.0. The van der Waals surface area contributed by atoms with Crippen LogP contribution in [0.4, 0.5) is 5.69 Å². The molecule has 0 saturated heterocycles. The van der Waals surface area contributed by atoms with E-state index in [2.05, 4.69) is 29.0 Å². The van der Waals surface area contributed by atoms with E-state index >= 15 is 0 Å². The number of pyridine rings is 1. The maximum atomic E-state index is 13.7. The fourth-order valence-corrected chi connectivity index (χ4v) is 4.24. The van der Waals surface area contributed by atoms with E-state index in [9.17, 15) is 4.79 Å². The molecule has 31 heavy (non-hydrogen) atoms. The van der Waals surface area contributed by atoms with Crippen LogP contribution in [0.1, 0.15) is 16.7 Å². The number of nitrogens with zero attached hydrogens (tertiary/aromatic N) is 1. The Labute approximate surface area is 180 Å². The summed E-state index contributed by atoms with van der Waals surface area (Å²) in [6.07, 6.45) is 4.49. The maximum Gasteiger partial charge on any atom is 0.235 e. The van der Waals surface area contributed by atoms with Gasteiger partial charge in [0, 0.05) is 6.07 Å². The lowest BCUT2D eigenvalue weighted by Gasteiger charge is -2.28. The van der Waals surface area contributed by atoms with E-state index in [0.29, 0.717) is 42.5 Å². The van der Waals surface area contributed by atoms with Gasteiger partial charge in [0.2, 0.25) is 18.6 Å². The summed E-state index contributed by atoms with van der Waals surface area (Å²) in [5.41, 5.74) is 3.14. The third kappa shape index (κ3) is 3.50. The molecule has 0 saturated carbocycles. The van der Waals surface area contributed by atoms with Gasteiger partial charge in [0.1, 0.15) is 6.61 Å². The minimum atomic E-state index is -0.747. The Morgan fingerprint density at radius 1 is 1.10 bits per heavy atom. The minimum absolute atomic E-state index is 0.0795. The van der Waals surface area contributed by atoms with Gasteiger partial charge >= 0.3 is 0 Å². The van der Waals surface area contributed by atoms with Crippen molar-refractivity contribution in [1.82, 2.24) is 4.98 Å². The first-order chi connectivity index (χ1) is 15.2. The number of anilines is 1. The van der Waals surface area contributed by atoms with Crippen molar-refractivity contribution in [2.24, 2.45) is 0 Å². The molecule has 6 heteroatoms. The smallest absolute Gasteiger partial charge is 0.235 e. The number of rotatable bonds is 6. The van der Waals surface area contributed by atoms with E-state index in [1.165, 1.54) is 11.1 Å². The Kier molecular flexibility index (Phi) is 4.82. The number of amides is 1. The molecule has 1 aliphatic heterocycles. The van der Waals surface area contributed by atoms with Gasteiger partial charge in [0.15, 0.2) is 11.5 Å². The number of hydrogen-bond acceptors (Lipinski definition) is 5. The molecule has 6 nitrogen and oxygen atoms in total. The van der Waals surface area contributed by atoms with Crippen molar-refractivity contribution in [3.05, 3.63) is 90.1 Å². The van der Waals surface area contributed by atoms with Crippen molar-refractivity contribution in [1.29, 1.82) is 0 Å². The van der Waals surface area contributed by atoms with E-state index in [-0.39, 0.29) is 12.7 Å². The summed E-state index contributed by atoms with van der Waals surface area (Å²) in [5.74, 6) is 1.78. The van der Waals surface area contributed by atoms with Crippen molar-refractivity contribution >= 4 is 11.6 Å². The van der Waals surface area contributed by atoms with Crippen LogP contribution < -0.4 is 19.5 Å².